The minimum absolute atomic E-state index is 0.205. The third-order valence-corrected chi connectivity index (χ3v) is 2.02. The highest BCUT2D eigenvalue weighted by Gasteiger charge is 2.10. The van der Waals surface area contributed by atoms with Crippen LogP contribution >= 0.6 is 0 Å². The van der Waals surface area contributed by atoms with Gasteiger partial charge in [0.25, 0.3) is 0 Å². The van der Waals surface area contributed by atoms with E-state index in [1.54, 1.807) is 0 Å². The van der Waals surface area contributed by atoms with Crippen molar-refractivity contribution in [2.45, 2.75) is 13.8 Å². The van der Waals surface area contributed by atoms with Crippen molar-refractivity contribution in [1.29, 1.82) is 0 Å². The molecule has 2 aromatic heterocycles. The molecule has 0 fully saturated rings. The Hall–Kier alpha value is -2.18. The third-order valence-electron chi connectivity index (χ3n) is 2.02. The molecule has 0 saturated carbocycles. The highest BCUT2D eigenvalue weighted by Crippen LogP contribution is 2.18. The summed E-state index contributed by atoms with van der Waals surface area (Å²) in [6.07, 6.45) is 2.92. The summed E-state index contributed by atoms with van der Waals surface area (Å²) >= 11 is 0. The Morgan fingerprint density at radius 2 is 2.19 bits per heavy atom. The van der Waals surface area contributed by atoms with Gasteiger partial charge < -0.3 is 10.5 Å². The molecule has 7 heteroatoms. The molecule has 84 valence electrons. The number of rotatable bonds is 3. The second-order valence-corrected chi connectivity index (χ2v) is 3.11. The molecule has 0 amide bonds. The van der Waals surface area contributed by atoms with Crippen molar-refractivity contribution < 1.29 is 4.74 Å². The van der Waals surface area contributed by atoms with Crippen molar-refractivity contribution in [2.75, 3.05) is 12.3 Å². The van der Waals surface area contributed by atoms with Gasteiger partial charge >= 0.3 is 0 Å². The summed E-state index contributed by atoms with van der Waals surface area (Å²) in [5.74, 6) is 1.36. The average molecular weight is 220 g/mol. The van der Waals surface area contributed by atoms with E-state index in [0.717, 1.165) is 5.56 Å². The molecule has 0 spiro atoms. The number of nitrogens with two attached hydrogens (primary N) is 1. The van der Waals surface area contributed by atoms with Crippen LogP contribution in [0, 0.1) is 6.92 Å². The van der Waals surface area contributed by atoms with Crippen LogP contribution in [0.5, 0.6) is 5.88 Å². The molecule has 0 bridgehead atoms. The Morgan fingerprint density at radius 3 is 2.81 bits per heavy atom. The molecule has 2 rings (SSSR count). The van der Waals surface area contributed by atoms with Crippen LogP contribution in [-0.4, -0.2) is 31.3 Å². The zero-order chi connectivity index (χ0) is 11.5. The summed E-state index contributed by atoms with van der Waals surface area (Å²) in [6, 6.07) is 0. The van der Waals surface area contributed by atoms with Crippen LogP contribution < -0.4 is 10.5 Å². The Bertz CT molecular complexity index is 494. The standard InChI is InChI=1S/C9H12N6O/c1-3-16-8-6(2)7(11-4-12-8)15-5-13-9(10)14-15/h4-5H,3H2,1-2H3,(H2,10,14). The van der Waals surface area contributed by atoms with Crippen molar-refractivity contribution >= 4 is 5.95 Å². The van der Waals surface area contributed by atoms with E-state index in [1.165, 1.54) is 17.3 Å². The first-order valence-corrected chi connectivity index (χ1v) is 4.84. The number of ether oxygens (including phenoxy) is 1. The number of nitrogen functional groups attached to an aromatic ring is 1. The van der Waals surface area contributed by atoms with Gasteiger partial charge in [0.05, 0.1) is 12.2 Å². The summed E-state index contributed by atoms with van der Waals surface area (Å²) in [4.78, 5) is 12.0. The molecule has 0 aromatic carbocycles. The van der Waals surface area contributed by atoms with Gasteiger partial charge in [-0.15, -0.1) is 5.10 Å². The maximum atomic E-state index is 5.45. The van der Waals surface area contributed by atoms with E-state index in [9.17, 15) is 0 Å². The summed E-state index contributed by atoms with van der Waals surface area (Å²) in [5.41, 5.74) is 6.25. The second-order valence-electron chi connectivity index (χ2n) is 3.11. The van der Waals surface area contributed by atoms with Crippen molar-refractivity contribution in [3.63, 3.8) is 0 Å². The van der Waals surface area contributed by atoms with E-state index in [0.29, 0.717) is 18.3 Å². The fraction of sp³-hybridized carbons (Fsp3) is 0.333. The third kappa shape index (κ3) is 1.79. The number of aromatic nitrogens is 5. The molecule has 0 aliphatic rings. The van der Waals surface area contributed by atoms with Crippen LogP contribution in [0.1, 0.15) is 12.5 Å². The monoisotopic (exact) mass is 220 g/mol. The quantitative estimate of drug-likeness (QED) is 0.802. The molecule has 7 nitrogen and oxygen atoms in total. The molecular weight excluding hydrogens is 208 g/mol. The average Bonchev–Trinajstić information content (AvgIpc) is 2.68. The van der Waals surface area contributed by atoms with Gasteiger partial charge in [0.15, 0.2) is 5.82 Å². The van der Waals surface area contributed by atoms with Gasteiger partial charge in [-0.05, 0) is 13.8 Å². The first-order valence-electron chi connectivity index (χ1n) is 4.84. The lowest BCUT2D eigenvalue weighted by Crippen LogP contribution is -2.06. The smallest absolute Gasteiger partial charge is 0.239 e. The highest BCUT2D eigenvalue weighted by molar-refractivity contribution is 5.38. The fourth-order valence-electron chi connectivity index (χ4n) is 1.32. The van der Waals surface area contributed by atoms with Crippen LogP contribution in [0.25, 0.3) is 5.82 Å². The summed E-state index contributed by atoms with van der Waals surface area (Å²) in [6.45, 7) is 4.31. The van der Waals surface area contributed by atoms with Crippen molar-refractivity contribution in [3.05, 3.63) is 18.2 Å². The summed E-state index contributed by atoms with van der Waals surface area (Å²) < 4.78 is 6.86. The van der Waals surface area contributed by atoms with E-state index in [1.807, 2.05) is 13.8 Å². The molecule has 2 heterocycles. The molecule has 0 atom stereocenters. The number of hydrogen-bond donors (Lipinski definition) is 1. The Morgan fingerprint density at radius 1 is 1.38 bits per heavy atom. The van der Waals surface area contributed by atoms with E-state index in [-0.39, 0.29) is 5.95 Å². The van der Waals surface area contributed by atoms with Crippen molar-refractivity contribution in [2.24, 2.45) is 0 Å². The van der Waals surface area contributed by atoms with Gasteiger partial charge in [-0.3, -0.25) is 0 Å². The maximum Gasteiger partial charge on any atom is 0.239 e. The first-order chi connectivity index (χ1) is 7.72. The van der Waals surface area contributed by atoms with Crippen LogP contribution in [0.4, 0.5) is 5.95 Å². The van der Waals surface area contributed by atoms with Crippen LogP contribution in [0.15, 0.2) is 12.7 Å². The van der Waals surface area contributed by atoms with Gasteiger partial charge in [0.1, 0.15) is 12.7 Å². The zero-order valence-electron chi connectivity index (χ0n) is 9.08. The van der Waals surface area contributed by atoms with E-state index < -0.39 is 0 Å². The molecule has 0 unspecified atom stereocenters. The van der Waals surface area contributed by atoms with Gasteiger partial charge in [-0.2, -0.15) is 0 Å². The lowest BCUT2D eigenvalue weighted by Gasteiger charge is -2.08. The Labute approximate surface area is 92.3 Å². The van der Waals surface area contributed by atoms with Gasteiger partial charge in [-0.25, -0.2) is 19.6 Å². The van der Waals surface area contributed by atoms with Crippen LogP contribution in [0.3, 0.4) is 0 Å². The van der Waals surface area contributed by atoms with Crippen molar-refractivity contribution in [1.82, 2.24) is 24.7 Å². The van der Waals surface area contributed by atoms with Gasteiger partial charge in [0, 0.05) is 0 Å². The molecule has 2 aromatic rings. The topological polar surface area (TPSA) is 91.7 Å². The lowest BCUT2D eigenvalue weighted by molar-refractivity contribution is 0.323. The largest absolute Gasteiger partial charge is 0.478 e. The molecular formula is C9H12N6O. The molecule has 0 aliphatic heterocycles. The predicted octanol–water partition coefficient (Wildman–Crippen LogP) is 0.347. The fourth-order valence-corrected chi connectivity index (χ4v) is 1.32. The van der Waals surface area contributed by atoms with Crippen LogP contribution in [0.2, 0.25) is 0 Å². The second kappa shape index (κ2) is 4.13. The SMILES string of the molecule is CCOc1ncnc(-n2cnc(N)n2)c1C. The molecule has 0 aliphatic carbocycles. The Balaban J connectivity index is 2.45. The Kier molecular flexibility index (Phi) is 2.67. The minimum Gasteiger partial charge on any atom is -0.478 e. The number of nitrogens with zero attached hydrogens (tertiary/aromatic N) is 5. The van der Waals surface area contributed by atoms with E-state index in [2.05, 4.69) is 20.1 Å². The van der Waals surface area contributed by atoms with Crippen molar-refractivity contribution in [3.8, 4) is 11.7 Å². The highest BCUT2D eigenvalue weighted by atomic mass is 16.5. The number of anilines is 1. The summed E-state index contributed by atoms with van der Waals surface area (Å²) in [7, 11) is 0. The minimum atomic E-state index is 0.205. The normalized spacial score (nSPS) is 10.4. The summed E-state index contributed by atoms with van der Waals surface area (Å²) in [5, 5.41) is 3.98. The molecule has 0 radical (unpaired) electrons. The van der Waals surface area contributed by atoms with E-state index >= 15 is 0 Å². The van der Waals surface area contributed by atoms with E-state index in [4.69, 9.17) is 10.5 Å². The first kappa shape index (κ1) is 10.3. The molecule has 16 heavy (non-hydrogen) atoms. The van der Waals surface area contributed by atoms with Gasteiger partial charge in [0.2, 0.25) is 11.8 Å². The van der Waals surface area contributed by atoms with Gasteiger partial charge in [-0.1, -0.05) is 0 Å². The predicted molar refractivity (Wildman–Crippen MR) is 57.3 cm³/mol. The molecule has 0 saturated heterocycles. The van der Waals surface area contributed by atoms with Crippen LogP contribution in [-0.2, 0) is 0 Å². The number of hydrogen-bond acceptors (Lipinski definition) is 6. The molecule has 2 N–H and O–H groups in total. The zero-order valence-corrected chi connectivity index (χ0v) is 9.08. The lowest BCUT2D eigenvalue weighted by atomic mass is 10.3. The maximum absolute atomic E-state index is 5.45.